The Bertz CT molecular complexity index is 503. The molecule has 0 spiro atoms. The minimum Gasteiger partial charge on any atom is -0.497 e. The van der Waals surface area contributed by atoms with Gasteiger partial charge in [0, 0.05) is 17.9 Å². The predicted molar refractivity (Wildman–Crippen MR) is 75.5 cm³/mol. The van der Waals surface area contributed by atoms with Crippen LogP contribution in [-0.4, -0.2) is 18.3 Å². The molecule has 0 saturated carbocycles. The van der Waals surface area contributed by atoms with Gasteiger partial charge in [-0.25, -0.2) is 0 Å². The minimum absolute atomic E-state index is 0.0380. The van der Waals surface area contributed by atoms with Crippen LogP contribution in [0.1, 0.15) is 18.7 Å². The van der Waals surface area contributed by atoms with Crippen LogP contribution in [0.25, 0.3) is 0 Å². The normalized spacial score (nSPS) is 12.2. The summed E-state index contributed by atoms with van der Waals surface area (Å²) >= 11 is 0. The van der Waals surface area contributed by atoms with Crippen LogP contribution in [-0.2, 0) is 6.54 Å². The first kappa shape index (κ1) is 13.5. The van der Waals surface area contributed by atoms with Gasteiger partial charge in [-0.2, -0.15) is 0 Å². The molecule has 2 N–H and O–H groups in total. The van der Waals surface area contributed by atoms with Gasteiger partial charge in [0.2, 0.25) is 0 Å². The van der Waals surface area contributed by atoms with Crippen molar-refractivity contribution in [2.45, 2.75) is 19.5 Å². The van der Waals surface area contributed by atoms with Gasteiger partial charge >= 0.3 is 0 Å². The van der Waals surface area contributed by atoms with E-state index in [2.05, 4.69) is 4.57 Å². The molecule has 4 nitrogen and oxygen atoms in total. The van der Waals surface area contributed by atoms with E-state index in [0.29, 0.717) is 6.61 Å². The third-order valence-corrected chi connectivity index (χ3v) is 2.99. The molecule has 1 aromatic heterocycles. The lowest BCUT2D eigenvalue weighted by atomic mass is 10.2. The first-order chi connectivity index (χ1) is 9.20. The molecule has 1 aromatic carbocycles. The molecule has 19 heavy (non-hydrogen) atoms. The van der Waals surface area contributed by atoms with Gasteiger partial charge in [0.25, 0.3) is 0 Å². The Morgan fingerprint density at radius 3 is 2.47 bits per heavy atom. The summed E-state index contributed by atoms with van der Waals surface area (Å²) in [5.74, 6) is 1.67. The van der Waals surface area contributed by atoms with Crippen molar-refractivity contribution < 1.29 is 9.47 Å². The maximum Gasteiger partial charge on any atom is 0.119 e. The molecule has 2 aromatic rings. The van der Waals surface area contributed by atoms with E-state index in [4.69, 9.17) is 15.2 Å². The third kappa shape index (κ3) is 3.51. The molecular formula is C15H20N2O2. The molecule has 4 heteroatoms. The van der Waals surface area contributed by atoms with Crippen molar-refractivity contribution in [2.24, 2.45) is 5.73 Å². The van der Waals surface area contributed by atoms with Crippen molar-refractivity contribution in [1.82, 2.24) is 4.57 Å². The highest BCUT2D eigenvalue weighted by molar-refractivity contribution is 5.31. The smallest absolute Gasteiger partial charge is 0.119 e. The topological polar surface area (TPSA) is 49.4 Å². The Balaban J connectivity index is 1.87. The highest BCUT2D eigenvalue weighted by Crippen LogP contribution is 2.17. The zero-order valence-electron chi connectivity index (χ0n) is 11.4. The fourth-order valence-corrected chi connectivity index (χ4v) is 1.98. The molecule has 0 fully saturated rings. The maximum absolute atomic E-state index is 5.90. The van der Waals surface area contributed by atoms with Gasteiger partial charge in [0.15, 0.2) is 0 Å². The fraction of sp³-hybridized carbons (Fsp3) is 0.333. The van der Waals surface area contributed by atoms with Gasteiger partial charge in [0.1, 0.15) is 18.1 Å². The highest BCUT2D eigenvalue weighted by Gasteiger charge is 2.05. The molecule has 0 aliphatic carbocycles. The Labute approximate surface area is 113 Å². The van der Waals surface area contributed by atoms with E-state index in [1.54, 1.807) is 7.11 Å². The number of benzene rings is 1. The van der Waals surface area contributed by atoms with Crippen LogP contribution in [0, 0.1) is 0 Å². The standard InChI is InChI=1S/C15H20N2O2/c1-12(16)15-4-3-9-17(15)10-11-19-14-7-5-13(18-2)6-8-14/h3-9,12H,10-11,16H2,1-2H3. The van der Waals surface area contributed by atoms with Crippen LogP contribution in [0.4, 0.5) is 0 Å². The van der Waals surface area contributed by atoms with Gasteiger partial charge in [-0.1, -0.05) is 0 Å². The van der Waals surface area contributed by atoms with Crippen LogP contribution in [0.5, 0.6) is 11.5 Å². The van der Waals surface area contributed by atoms with Crippen molar-refractivity contribution in [2.75, 3.05) is 13.7 Å². The average Bonchev–Trinajstić information content (AvgIpc) is 2.88. The summed E-state index contributed by atoms with van der Waals surface area (Å²) in [6.45, 7) is 3.38. The molecule has 2 rings (SSSR count). The molecule has 0 aliphatic rings. The average molecular weight is 260 g/mol. The number of hydrogen-bond acceptors (Lipinski definition) is 3. The largest absolute Gasteiger partial charge is 0.497 e. The summed E-state index contributed by atoms with van der Waals surface area (Å²) < 4.78 is 12.9. The quantitative estimate of drug-likeness (QED) is 0.868. The summed E-state index contributed by atoms with van der Waals surface area (Å²) in [6.07, 6.45) is 2.02. The second-order valence-corrected chi connectivity index (χ2v) is 4.44. The van der Waals surface area contributed by atoms with Gasteiger partial charge in [-0.15, -0.1) is 0 Å². The van der Waals surface area contributed by atoms with E-state index < -0.39 is 0 Å². The van der Waals surface area contributed by atoms with Crippen molar-refractivity contribution >= 4 is 0 Å². The molecule has 0 aliphatic heterocycles. The minimum atomic E-state index is 0.0380. The van der Waals surface area contributed by atoms with Crippen LogP contribution < -0.4 is 15.2 Å². The van der Waals surface area contributed by atoms with Crippen LogP contribution in [0.2, 0.25) is 0 Å². The number of methoxy groups -OCH3 is 1. The molecule has 0 radical (unpaired) electrons. The zero-order valence-corrected chi connectivity index (χ0v) is 11.4. The third-order valence-electron chi connectivity index (χ3n) is 2.99. The lowest BCUT2D eigenvalue weighted by Crippen LogP contribution is -2.15. The second kappa shape index (κ2) is 6.29. The Kier molecular flexibility index (Phi) is 4.47. The second-order valence-electron chi connectivity index (χ2n) is 4.44. The molecule has 0 amide bonds. The first-order valence-corrected chi connectivity index (χ1v) is 6.38. The Morgan fingerprint density at radius 2 is 1.84 bits per heavy atom. The summed E-state index contributed by atoms with van der Waals surface area (Å²) in [5.41, 5.74) is 7.02. The van der Waals surface area contributed by atoms with E-state index >= 15 is 0 Å². The first-order valence-electron chi connectivity index (χ1n) is 6.38. The number of nitrogens with two attached hydrogens (primary N) is 1. The molecule has 1 heterocycles. The number of aromatic nitrogens is 1. The monoisotopic (exact) mass is 260 g/mol. The maximum atomic E-state index is 5.90. The van der Waals surface area contributed by atoms with E-state index in [9.17, 15) is 0 Å². The lowest BCUT2D eigenvalue weighted by Gasteiger charge is -2.13. The summed E-state index contributed by atoms with van der Waals surface area (Å²) in [7, 11) is 1.65. The molecule has 1 unspecified atom stereocenters. The summed E-state index contributed by atoms with van der Waals surface area (Å²) in [5, 5.41) is 0. The molecular weight excluding hydrogens is 240 g/mol. The van der Waals surface area contributed by atoms with E-state index in [0.717, 1.165) is 23.7 Å². The van der Waals surface area contributed by atoms with E-state index in [1.807, 2.05) is 49.5 Å². The predicted octanol–water partition coefficient (Wildman–Crippen LogP) is 2.60. The van der Waals surface area contributed by atoms with Gasteiger partial charge in [-0.3, -0.25) is 0 Å². The number of rotatable bonds is 6. The molecule has 1 atom stereocenters. The Hall–Kier alpha value is -1.94. The van der Waals surface area contributed by atoms with Gasteiger partial charge in [-0.05, 0) is 43.3 Å². The lowest BCUT2D eigenvalue weighted by molar-refractivity contribution is 0.295. The van der Waals surface area contributed by atoms with E-state index in [-0.39, 0.29) is 6.04 Å². The number of nitrogens with zero attached hydrogens (tertiary/aromatic N) is 1. The highest BCUT2D eigenvalue weighted by atomic mass is 16.5. The summed E-state index contributed by atoms with van der Waals surface area (Å²) in [6, 6.07) is 11.7. The SMILES string of the molecule is COc1ccc(OCCn2cccc2C(C)N)cc1. The summed E-state index contributed by atoms with van der Waals surface area (Å²) in [4.78, 5) is 0. The van der Waals surface area contributed by atoms with Gasteiger partial charge in [0.05, 0.1) is 13.7 Å². The zero-order chi connectivity index (χ0) is 13.7. The van der Waals surface area contributed by atoms with Crippen molar-refractivity contribution in [1.29, 1.82) is 0 Å². The van der Waals surface area contributed by atoms with Crippen LogP contribution in [0.3, 0.4) is 0 Å². The number of ether oxygens (including phenoxy) is 2. The molecule has 0 bridgehead atoms. The molecule has 0 saturated heterocycles. The fourth-order valence-electron chi connectivity index (χ4n) is 1.98. The Morgan fingerprint density at radius 1 is 1.16 bits per heavy atom. The van der Waals surface area contributed by atoms with Crippen molar-refractivity contribution in [3.8, 4) is 11.5 Å². The van der Waals surface area contributed by atoms with Crippen LogP contribution >= 0.6 is 0 Å². The molecule has 102 valence electrons. The van der Waals surface area contributed by atoms with E-state index in [1.165, 1.54) is 0 Å². The number of hydrogen-bond donors (Lipinski definition) is 1. The van der Waals surface area contributed by atoms with Crippen molar-refractivity contribution in [3.05, 3.63) is 48.3 Å². The van der Waals surface area contributed by atoms with Crippen LogP contribution in [0.15, 0.2) is 42.6 Å². The van der Waals surface area contributed by atoms with Crippen molar-refractivity contribution in [3.63, 3.8) is 0 Å². The van der Waals surface area contributed by atoms with Gasteiger partial charge < -0.3 is 19.8 Å².